The molecule has 9 heteroatoms. The van der Waals surface area contributed by atoms with Crippen LogP contribution in [0.3, 0.4) is 0 Å². The summed E-state index contributed by atoms with van der Waals surface area (Å²) >= 11 is 1.13. The minimum Gasteiger partial charge on any atom is -0.394 e. The highest BCUT2D eigenvalue weighted by atomic mass is 32.2. The van der Waals surface area contributed by atoms with E-state index >= 15 is 0 Å². The third-order valence-corrected chi connectivity index (χ3v) is 4.66. The number of nitrogens with zero attached hydrogens (tertiary/aromatic N) is 1. The van der Waals surface area contributed by atoms with E-state index in [0.29, 0.717) is 15.4 Å². The summed E-state index contributed by atoms with van der Waals surface area (Å²) in [6.45, 7) is 1.49. The Labute approximate surface area is 142 Å². The average Bonchev–Trinajstić information content (AvgIpc) is 2.55. The number of imide groups is 1. The lowest BCUT2D eigenvalue weighted by molar-refractivity contribution is -0.385. The summed E-state index contributed by atoms with van der Waals surface area (Å²) in [7, 11) is 0. The van der Waals surface area contributed by atoms with E-state index in [0.717, 1.165) is 11.8 Å². The van der Waals surface area contributed by atoms with Crippen molar-refractivity contribution in [1.29, 1.82) is 0 Å². The normalized spacial score (nSPS) is 17.8. The molecule has 0 fully saturated rings. The Balaban J connectivity index is 2.29. The van der Waals surface area contributed by atoms with Gasteiger partial charge in [0.25, 0.3) is 11.6 Å². The molecule has 2 amide bonds. The Morgan fingerprint density at radius 1 is 1.42 bits per heavy atom. The number of benzene rings is 1. The molecule has 1 aromatic rings. The average molecular weight is 352 g/mol. The van der Waals surface area contributed by atoms with Crippen LogP contribution >= 0.6 is 11.8 Å². The lowest BCUT2D eigenvalue weighted by Crippen LogP contribution is -2.43. The van der Waals surface area contributed by atoms with Gasteiger partial charge in [-0.25, -0.2) is 0 Å². The van der Waals surface area contributed by atoms with Crippen LogP contribution in [0.4, 0.5) is 5.69 Å². The largest absolute Gasteiger partial charge is 0.394 e. The van der Waals surface area contributed by atoms with Crippen LogP contribution in [-0.4, -0.2) is 41.7 Å². The Morgan fingerprint density at radius 2 is 2.17 bits per heavy atom. The highest BCUT2D eigenvalue weighted by Gasteiger charge is 2.33. The number of non-ortho nitro benzene ring substituents is 1. The fourth-order valence-corrected chi connectivity index (χ4v) is 3.28. The molecule has 0 radical (unpaired) electrons. The highest BCUT2D eigenvalue weighted by Crippen LogP contribution is 2.37. The van der Waals surface area contributed by atoms with Gasteiger partial charge in [-0.05, 0) is 13.0 Å². The maximum Gasteiger partial charge on any atom is 0.270 e. The molecule has 0 spiro atoms. The van der Waals surface area contributed by atoms with Crippen LogP contribution in [0, 0.1) is 16.0 Å². The number of nitro benzene ring substituents is 1. The fraction of sp³-hybridized carbons (Fsp3) is 0.333. The molecule has 0 bridgehead atoms. The molecule has 2 N–H and O–H groups in total. The molecule has 1 aromatic carbocycles. The zero-order chi connectivity index (χ0) is 17.7. The van der Waals surface area contributed by atoms with Gasteiger partial charge in [0.15, 0.2) is 0 Å². The molecule has 1 aliphatic heterocycles. The molecule has 1 atom stereocenters. The molecule has 1 heterocycles. The number of amides is 2. The smallest absolute Gasteiger partial charge is 0.270 e. The van der Waals surface area contributed by atoms with Crippen molar-refractivity contribution >= 4 is 29.3 Å². The predicted octanol–water partition coefficient (Wildman–Crippen LogP) is 1.24. The topological polar surface area (TPSA) is 119 Å². The first-order chi connectivity index (χ1) is 11.4. The summed E-state index contributed by atoms with van der Waals surface area (Å²) in [5.74, 6) is -1.69. The van der Waals surface area contributed by atoms with Crippen LogP contribution in [0.1, 0.15) is 6.92 Å². The molecular formula is C15H16N2O6S. The fourth-order valence-electron chi connectivity index (χ4n) is 2.14. The Hall–Kier alpha value is -2.23. The molecule has 24 heavy (non-hydrogen) atoms. The van der Waals surface area contributed by atoms with Crippen LogP contribution in [0.15, 0.2) is 39.6 Å². The maximum absolute atomic E-state index is 12.1. The first-order valence-corrected chi connectivity index (χ1v) is 7.92. The lowest BCUT2D eigenvalue weighted by Gasteiger charge is -2.25. The van der Waals surface area contributed by atoms with Crippen molar-refractivity contribution in [2.24, 2.45) is 5.92 Å². The van der Waals surface area contributed by atoms with Crippen molar-refractivity contribution in [2.45, 2.75) is 11.8 Å². The number of ether oxygens (including phenoxy) is 1. The zero-order valence-corrected chi connectivity index (χ0v) is 13.7. The Morgan fingerprint density at radius 3 is 2.83 bits per heavy atom. The van der Waals surface area contributed by atoms with Gasteiger partial charge in [-0.15, -0.1) is 0 Å². The number of nitrogens with one attached hydrogen (secondary N) is 1. The standard InChI is InChI=1S/C15H16N2O6S/c1-9-13(24-11-4-2-3-10(7-11)17(21)22)12(8-23-6-5-18)15(20)16-14(9)19/h2-4,7,12,18H,5-6,8H2,1H3,(H,16,19,20). The Kier molecular flexibility index (Phi) is 6.07. The molecule has 8 nitrogen and oxygen atoms in total. The van der Waals surface area contributed by atoms with E-state index in [9.17, 15) is 19.7 Å². The number of rotatable bonds is 7. The molecule has 1 unspecified atom stereocenters. The molecule has 0 saturated carbocycles. The molecule has 0 aromatic heterocycles. The van der Waals surface area contributed by atoms with Gasteiger partial charge in [-0.3, -0.25) is 25.0 Å². The number of carbonyl (C=O) groups is 2. The van der Waals surface area contributed by atoms with Gasteiger partial charge in [-0.1, -0.05) is 17.8 Å². The third kappa shape index (κ3) is 4.19. The summed E-state index contributed by atoms with van der Waals surface area (Å²) in [5, 5.41) is 21.9. The maximum atomic E-state index is 12.1. The first kappa shape index (κ1) is 18.1. The lowest BCUT2D eigenvalue weighted by atomic mass is 10.0. The quantitative estimate of drug-likeness (QED) is 0.328. The number of nitro groups is 1. The van der Waals surface area contributed by atoms with Gasteiger partial charge in [0.2, 0.25) is 5.91 Å². The van der Waals surface area contributed by atoms with Crippen molar-refractivity contribution in [1.82, 2.24) is 5.32 Å². The van der Waals surface area contributed by atoms with Crippen molar-refractivity contribution in [3.05, 3.63) is 44.9 Å². The van der Waals surface area contributed by atoms with E-state index in [1.54, 1.807) is 19.1 Å². The second-order valence-electron chi connectivity index (χ2n) is 5.02. The van der Waals surface area contributed by atoms with Crippen molar-refractivity contribution in [2.75, 3.05) is 19.8 Å². The second kappa shape index (κ2) is 8.04. The van der Waals surface area contributed by atoms with Crippen molar-refractivity contribution < 1.29 is 24.4 Å². The minimum absolute atomic E-state index is 0.00821. The predicted molar refractivity (Wildman–Crippen MR) is 86.2 cm³/mol. The monoisotopic (exact) mass is 352 g/mol. The van der Waals surface area contributed by atoms with Crippen LogP contribution in [0.5, 0.6) is 0 Å². The molecule has 1 aliphatic rings. The van der Waals surface area contributed by atoms with E-state index in [1.807, 2.05) is 0 Å². The molecule has 0 saturated heterocycles. The summed E-state index contributed by atoms with van der Waals surface area (Å²) < 4.78 is 5.23. The minimum atomic E-state index is -0.710. The number of hydrogen-bond donors (Lipinski definition) is 2. The van der Waals surface area contributed by atoms with E-state index in [2.05, 4.69) is 5.32 Å². The first-order valence-electron chi connectivity index (χ1n) is 7.11. The van der Waals surface area contributed by atoms with Gasteiger partial charge >= 0.3 is 0 Å². The number of thioether (sulfide) groups is 1. The van der Waals surface area contributed by atoms with Crippen LogP contribution < -0.4 is 5.32 Å². The molecule has 0 aliphatic carbocycles. The van der Waals surface area contributed by atoms with Crippen molar-refractivity contribution in [3.63, 3.8) is 0 Å². The number of aliphatic hydroxyl groups excluding tert-OH is 1. The number of aliphatic hydroxyl groups is 1. The summed E-state index contributed by atoms with van der Waals surface area (Å²) in [6, 6.07) is 5.96. The number of carbonyl (C=O) groups excluding carboxylic acids is 2. The third-order valence-electron chi connectivity index (χ3n) is 3.36. The number of hydrogen-bond acceptors (Lipinski definition) is 7. The van der Waals surface area contributed by atoms with Crippen LogP contribution in [0.2, 0.25) is 0 Å². The van der Waals surface area contributed by atoms with Gasteiger partial charge in [-0.2, -0.15) is 0 Å². The SMILES string of the molecule is CC1=C(Sc2cccc([N+](=O)[O-])c2)C(COCCO)C(=O)NC1=O. The van der Waals surface area contributed by atoms with E-state index < -0.39 is 22.7 Å². The van der Waals surface area contributed by atoms with Crippen LogP contribution in [0.25, 0.3) is 0 Å². The van der Waals surface area contributed by atoms with E-state index in [-0.39, 0.29) is 25.5 Å². The molecule has 128 valence electrons. The van der Waals surface area contributed by atoms with Gasteiger partial charge in [0.1, 0.15) is 0 Å². The van der Waals surface area contributed by atoms with E-state index in [1.165, 1.54) is 12.1 Å². The molecule has 2 rings (SSSR count). The second-order valence-corrected chi connectivity index (χ2v) is 6.13. The van der Waals surface area contributed by atoms with Crippen LogP contribution in [-0.2, 0) is 14.3 Å². The van der Waals surface area contributed by atoms with Gasteiger partial charge < -0.3 is 9.84 Å². The summed E-state index contributed by atoms with van der Waals surface area (Å²) in [6.07, 6.45) is 0. The molecular weight excluding hydrogens is 336 g/mol. The Bertz CT molecular complexity index is 703. The zero-order valence-electron chi connectivity index (χ0n) is 12.9. The van der Waals surface area contributed by atoms with Crippen molar-refractivity contribution in [3.8, 4) is 0 Å². The summed E-state index contributed by atoms with van der Waals surface area (Å²) in [5.41, 5.74) is 0.293. The van der Waals surface area contributed by atoms with Gasteiger partial charge in [0.05, 0.1) is 30.7 Å². The highest BCUT2D eigenvalue weighted by molar-refractivity contribution is 8.03. The van der Waals surface area contributed by atoms with Gasteiger partial charge in [0, 0.05) is 27.5 Å². The van der Waals surface area contributed by atoms with E-state index in [4.69, 9.17) is 9.84 Å². The summed E-state index contributed by atoms with van der Waals surface area (Å²) in [4.78, 5) is 35.4.